The number of rotatable bonds is 6. The number of halogens is 1. The number of anilines is 1. The number of hydrogen-bond acceptors (Lipinski definition) is 6. The van der Waals surface area contributed by atoms with Gasteiger partial charge in [0.15, 0.2) is 5.13 Å². The van der Waals surface area contributed by atoms with Crippen LogP contribution in [-0.4, -0.2) is 48.1 Å². The number of carbonyl (C=O) groups excluding carboxylic acids is 1. The molecule has 0 amide bonds. The number of piperazine rings is 1. The Labute approximate surface area is 192 Å². The molecule has 4 rings (SSSR count). The van der Waals surface area contributed by atoms with Crippen molar-refractivity contribution in [3.8, 4) is 0 Å². The lowest BCUT2D eigenvalue weighted by atomic mass is 10.0. The molecular formula is C24H28ClN3O2S. The molecular weight excluding hydrogens is 430 g/mol. The van der Waals surface area contributed by atoms with Crippen molar-refractivity contribution < 1.29 is 9.53 Å². The highest BCUT2D eigenvalue weighted by atomic mass is 35.5. The summed E-state index contributed by atoms with van der Waals surface area (Å²) in [6.07, 6.45) is 0.328. The summed E-state index contributed by atoms with van der Waals surface area (Å²) in [5.41, 5.74) is 4.45. The molecule has 0 spiro atoms. The van der Waals surface area contributed by atoms with Crippen molar-refractivity contribution in [2.45, 2.75) is 39.8 Å². The van der Waals surface area contributed by atoms with E-state index in [-0.39, 0.29) is 5.97 Å². The highest BCUT2D eigenvalue weighted by Gasteiger charge is 2.26. The maximum Gasteiger partial charge on any atom is 0.310 e. The van der Waals surface area contributed by atoms with Gasteiger partial charge in [0, 0.05) is 37.2 Å². The van der Waals surface area contributed by atoms with Crippen molar-refractivity contribution >= 4 is 44.3 Å². The molecule has 0 radical (unpaired) electrons. The molecule has 2 aromatic carbocycles. The number of hydrogen-bond donors (Lipinski definition) is 0. The third-order valence-electron chi connectivity index (χ3n) is 5.55. The molecule has 0 aliphatic carbocycles. The van der Waals surface area contributed by atoms with Gasteiger partial charge in [-0.1, -0.05) is 46.7 Å². The van der Waals surface area contributed by atoms with E-state index in [2.05, 4.69) is 41.8 Å². The number of nitrogens with zero attached hydrogens (tertiary/aromatic N) is 3. The summed E-state index contributed by atoms with van der Waals surface area (Å²) < 4.78 is 6.24. The molecule has 1 aliphatic rings. The largest absolute Gasteiger partial charge is 0.466 e. The van der Waals surface area contributed by atoms with Gasteiger partial charge in [-0.15, -0.1) is 0 Å². The molecule has 5 nitrogen and oxygen atoms in total. The van der Waals surface area contributed by atoms with Crippen molar-refractivity contribution in [2.75, 3.05) is 31.1 Å². The van der Waals surface area contributed by atoms with Crippen LogP contribution in [0.3, 0.4) is 0 Å². The Hall–Kier alpha value is -2.15. The zero-order valence-electron chi connectivity index (χ0n) is 18.2. The summed E-state index contributed by atoms with van der Waals surface area (Å²) in [6, 6.07) is 12.7. The fourth-order valence-electron chi connectivity index (χ4n) is 4.25. The lowest BCUT2D eigenvalue weighted by molar-refractivity contribution is -0.142. The summed E-state index contributed by atoms with van der Waals surface area (Å²) in [6.45, 7) is 10.4. The van der Waals surface area contributed by atoms with E-state index < -0.39 is 0 Å². The molecule has 7 heteroatoms. The molecule has 1 aromatic heterocycles. The van der Waals surface area contributed by atoms with E-state index in [9.17, 15) is 4.79 Å². The monoisotopic (exact) mass is 457 g/mol. The van der Waals surface area contributed by atoms with E-state index in [1.165, 1.54) is 11.1 Å². The van der Waals surface area contributed by atoms with Crippen molar-refractivity contribution in [3.63, 3.8) is 0 Å². The number of aryl methyl sites for hydroxylation is 1. The van der Waals surface area contributed by atoms with Crippen molar-refractivity contribution in [3.05, 3.63) is 58.1 Å². The predicted octanol–water partition coefficient (Wildman–Crippen LogP) is 5.07. The average molecular weight is 458 g/mol. The number of ether oxygens (including phenoxy) is 1. The number of esters is 1. The van der Waals surface area contributed by atoms with Crippen molar-refractivity contribution in [2.24, 2.45) is 0 Å². The van der Waals surface area contributed by atoms with Crippen LogP contribution in [0, 0.1) is 6.92 Å². The molecule has 3 aromatic rings. The number of aromatic nitrogens is 1. The molecule has 0 N–H and O–H groups in total. The van der Waals surface area contributed by atoms with E-state index in [0.717, 1.165) is 52.1 Å². The first-order valence-corrected chi connectivity index (χ1v) is 11.9. The predicted molar refractivity (Wildman–Crippen MR) is 128 cm³/mol. The topological polar surface area (TPSA) is 45.7 Å². The van der Waals surface area contributed by atoms with Crippen LogP contribution in [0.2, 0.25) is 5.02 Å². The third kappa shape index (κ3) is 5.37. The van der Waals surface area contributed by atoms with Crippen LogP contribution in [0.1, 0.15) is 30.5 Å². The second-order valence-electron chi connectivity index (χ2n) is 8.19. The van der Waals surface area contributed by atoms with Crippen LogP contribution >= 0.6 is 22.9 Å². The first-order chi connectivity index (χ1) is 14.9. The Bertz CT molecular complexity index is 1080. The van der Waals surface area contributed by atoms with Crippen LogP contribution in [0.15, 0.2) is 36.4 Å². The van der Waals surface area contributed by atoms with Crippen molar-refractivity contribution in [1.29, 1.82) is 0 Å². The Morgan fingerprint density at radius 2 is 2.03 bits per heavy atom. The van der Waals surface area contributed by atoms with Crippen LogP contribution in [-0.2, 0) is 22.5 Å². The average Bonchev–Trinajstić information content (AvgIpc) is 3.10. The van der Waals surface area contributed by atoms with Gasteiger partial charge >= 0.3 is 5.97 Å². The Morgan fingerprint density at radius 3 is 2.81 bits per heavy atom. The Kier molecular flexibility index (Phi) is 6.80. The normalized spacial score (nSPS) is 17.3. The van der Waals surface area contributed by atoms with Crippen LogP contribution < -0.4 is 4.90 Å². The molecule has 2 heterocycles. The molecule has 1 aliphatic heterocycles. The number of fused-ring (bicyclic) bond motifs is 1. The number of thiazole rings is 1. The highest BCUT2D eigenvalue weighted by molar-refractivity contribution is 7.22. The van der Waals surface area contributed by atoms with Crippen LogP contribution in [0.4, 0.5) is 5.13 Å². The summed E-state index contributed by atoms with van der Waals surface area (Å²) in [5, 5.41) is 1.82. The van der Waals surface area contributed by atoms with E-state index in [0.29, 0.717) is 19.1 Å². The zero-order chi connectivity index (χ0) is 22.0. The SMILES string of the molecule is CCOC(=O)Cc1cc(C)cc(CN2CCN(c3nc4ccc(Cl)cc4s3)[C@@H](C)C2)c1. The van der Waals surface area contributed by atoms with Crippen LogP contribution in [0.5, 0.6) is 0 Å². The van der Waals surface area contributed by atoms with Gasteiger partial charge < -0.3 is 9.64 Å². The van der Waals surface area contributed by atoms with Gasteiger partial charge in [-0.3, -0.25) is 9.69 Å². The molecule has 0 bridgehead atoms. The highest BCUT2D eigenvalue weighted by Crippen LogP contribution is 2.32. The van der Waals surface area contributed by atoms with Gasteiger partial charge in [0.2, 0.25) is 0 Å². The quantitative estimate of drug-likeness (QED) is 0.483. The lowest BCUT2D eigenvalue weighted by Crippen LogP contribution is -2.51. The molecule has 0 saturated carbocycles. The summed E-state index contributed by atoms with van der Waals surface area (Å²) in [7, 11) is 0. The van der Waals surface area contributed by atoms with Gasteiger partial charge in [0.05, 0.1) is 23.2 Å². The van der Waals surface area contributed by atoms with E-state index in [4.69, 9.17) is 21.3 Å². The van der Waals surface area contributed by atoms with Gasteiger partial charge in [-0.05, 0) is 50.1 Å². The van der Waals surface area contributed by atoms with Gasteiger partial charge in [-0.25, -0.2) is 4.98 Å². The molecule has 1 saturated heterocycles. The fraction of sp³-hybridized carbons (Fsp3) is 0.417. The lowest BCUT2D eigenvalue weighted by Gasteiger charge is -2.39. The second-order valence-corrected chi connectivity index (χ2v) is 9.64. The minimum atomic E-state index is -0.168. The molecule has 31 heavy (non-hydrogen) atoms. The second kappa shape index (κ2) is 9.55. The minimum absolute atomic E-state index is 0.168. The summed E-state index contributed by atoms with van der Waals surface area (Å²) in [5.74, 6) is -0.168. The number of benzene rings is 2. The van der Waals surface area contributed by atoms with Crippen molar-refractivity contribution in [1.82, 2.24) is 9.88 Å². The van der Waals surface area contributed by atoms with Gasteiger partial charge in [0.1, 0.15) is 0 Å². The standard InChI is InChI=1S/C24H28ClN3O2S/c1-4-30-23(29)12-18-9-16(2)10-19(11-18)15-27-7-8-28(17(3)14-27)24-26-21-6-5-20(25)13-22(21)31-24/h5-6,9-11,13,17H,4,7-8,12,14-15H2,1-3H3/t17-/m0/s1. The molecule has 164 valence electrons. The Balaban J connectivity index is 1.42. The maximum atomic E-state index is 11.9. The van der Waals surface area contributed by atoms with E-state index >= 15 is 0 Å². The summed E-state index contributed by atoms with van der Waals surface area (Å²) in [4.78, 5) is 21.6. The molecule has 1 atom stereocenters. The fourth-order valence-corrected chi connectivity index (χ4v) is 5.62. The molecule has 0 unspecified atom stereocenters. The van der Waals surface area contributed by atoms with E-state index in [1.54, 1.807) is 11.3 Å². The first-order valence-electron chi connectivity index (χ1n) is 10.7. The van der Waals surface area contributed by atoms with Crippen LogP contribution in [0.25, 0.3) is 10.2 Å². The minimum Gasteiger partial charge on any atom is -0.466 e. The van der Waals surface area contributed by atoms with E-state index in [1.807, 2.05) is 25.1 Å². The molecule has 1 fully saturated rings. The first kappa shape index (κ1) is 22.1. The zero-order valence-corrected chi connectivity index (χ0v) is 19.8. The van der Waals surface area contributed by atoms with Gasteiger partial charge in [-0.2, -0.15) is 0 Å². The third-order valence-corrected chi connectivity index (χ3v) is 6.84. The maximum absolute atomic E-state index is 11.9. The number of carbonyl (C=O) groups is 1. The summed E-state index contributed by atoms with van der Waals surface area (Å²) >= 11 is 7.85. The Morgan fingerprint density at radius 1 is 1.23 bits per heavy atom. The van der Waals surface area contributed by atoms with Gasteiger partial charge in [0.25, 0.3) is 0 Å². The smallest absolute Gasteiger partial charge is 0.310 e.